The molecule has 0 saturated heterocycles. The van der Waals surface area contributed by atoms with Gasteiger partial charge < -0.3 is 25.4 Å². The third-order valence-corrected chi connectivity index (χ3v) is 4.15. The molecule has 152 valence electrons. The molecule has 0 saturated carbocycles. The lowest BCUT2D eigenvalue weighted by atomic mass is 10.1. The Hall–Kier alpha value is -2.77. The largest absolute Gasteiger partial charge is 0.497 e. The number of benzene rings is 2. The van der Waals surface area contributed by atoms with Crippen molar-refractivity contribution in [2.45, 2.75) is 13.0 Å². The van der Waals surface area contributed by atoms with E-state index in [-0.39, 0.29) is 36.9 Å². The van der Waals surface area contributed by atoms with Crippen LogP contribution in [0.3, 0.4) is 0 Å². The van der Waals surface area contributed by atoms with Gasteiger partial charge in [0.15, 0.2) is 6.61 Å². The van der Waals surface area contributed by atoms with E-state index in [1.807, 2.05) is 6.92 Å². The van der Waals surface area contributed by atoms with E-state index in [1.54, 1.807) is 67.6 Å². The van der Waals surface area contributed by atoms with Crippen LogP contribution < -0.4 is 20.5 Å². The monoisotopic (exact) mass is 407 g/mol. The minimum absolute atomic E-state index is 0. The molecule has 1 atom stereocenters. The first-order chi connectivity index (χ1) is 12.9. The van der Waals surface area contributed by atoms with E-state index in [0.717, 1.165) is 0 Å². The van der Waals surface area contributed by atoms with Gasteiger partial charge in [0.05, 0.1) is 7.11 Å². The molecule has 1 unspecified atom stereocenters. The quantitative estimate of drug-likeness (QED) is 0.701. The number of amides is 2. The molecule has 0 aliphatic heterocycles. The zero-order valence-corrected chi connectivity index (χ0v) is 17.0. The van der Waals surface area contributed by atoms with Crippen LogP contribution >= 0.6 is 12.4 Å². The zero-order chi connectivity index (χ0) is 19.8. The first kappa shape index (κ1) is 23.3. The van der Waals surface area contributed by atoms with Crippen LogP contribution in [0.4, 0.5) is 5.69 Å². The minimum atomic E-state index is -0.292. The zero-order valence-electron chi connectivity index (χ0n) is 16.2. The van der Waals surface area contributed by atoms with E-state index < -0.39 is 0 Å². The summed E-state index contributed by atoms with van der Waals surface area (Å²) in [6.07, 6.45) is 0. The van der Waals surface area contributed by atoms with E-state index >= 15 is 0 Å². The molecule has 0 aromatic heterocycles. The SMILES string of the molecule is COc1cccc(NC(=O)COc2ccc(C(=O)N(C)C(C)CN)cc2)c1.Cl. The molecule has 0 bridgehead atoms. The number of ether oxygens (including phenoxy) is 2. The van der Waals surface area contributed by atoms with Crippen molar-refractivity contribution in [2.24, 2.45) is 5.73 Å². The summed E-state index contributed by atoms with van der Waals surface area (Å²) in [6, 6.07) is 13.7. The number of halogens is 1. The average molecular weight is 408 g/mol. The summed E-state index contributed by atoms with van der Waals surface area (Å²) in [5.41, 5.74) is 6.75. The smallest absolute Gasteiger partial charge is 0.262 e. The molecule has 2 aromatic carbocycles. The molecule has 0 heterocycles. The summed E-state index contributed by atoms with van der Waals surface area (Å²) in [5, 5.41) is 2.73. The molecule has 0 aliphatic rings. The van der Waals surface area contributed by atoms with Crippen molar-refractivity contribution in [1.82, 2.24) is 4.90 Å². The average Bonchev–Trinajstić information content (AvgIpc) is 2.71. The van der Waals surface area contributed by atoms with Crippen LogP contribution in [0, 0.1) is 0 Å². The number of carbonyl (C=O) groups excluding carboxylic acids is 2. The molecule has 0 aliphatic carbocycles. The van der Waals surface area contributed by atoms with E-state index in [9.17, 15) is 9.59 Å². The summed E-state index contributed by atoms with van der Waals surface area (Å²) in [7, 11) is 3.28. The fourth-order valence-corrected chi connectivity index (χ4v) is 2.30. The number of hydrogen-bond donors (Lipinski definition) is 2. The topological polar surface area (TPSA) is 93.9 Å². The fraction of sp³-hybridized carbons (Fsp3) is 0.300. The summed E-state index contributed by atoms with van der Waals surface area (Å²) in [6.45, 7) is 2.14. The molecule has 2 rings (SSSR count). The van der Waals surface area contributed by atoms with Crippen molar-refractivity contribution in [2.75, 3.05) is 32.6 Å². The van der Waals surface area contributed by atoms with Crippen LogP contribution in [0.5, 0.6) is 11.5 Å². The highest BCUT2D eigenvalue weighted by molar-refractivity contribution is 5.94. The number of likely N-dealkylation sites (N-methyl/N-ethyl adjacent to an activating group) is 1. The lowest BCUT2D eigenvalue weighted by molar-refractivity contribution is -0.118. The third kappa shape index (κ3) is 6.44. The van der Waals surface area contributed by atoms with E-state index in [2.05, 4.69) is 5.32 Å². The van der Waals surface area contributed by atoms with Gasteiger partial charge in [-0.25, -0.2) is 0 Å². The van der Waals surface area contributed by atoms with Gasteiger partial charge in [0.2, 0.25) is 0 Å². The van der Waals surface area contributed by atoms with E-state index in [4.69, 9.17) is 15.2 Å². The number of rotatable bonds is 8. The molecule has 7 nitrogen and oxygen atoms in total. The maximum Gasteiger partial charge on any atom is 0.262 e. The predicted octanol–water partition coefficient (Wildman–Crippen LogP) is 2.55. The van der Waals surface area contributed by atoms with E-state index in [1.165, 1.54) is 0 Å². The van der Waals surface area contributed by atoms with Crippen LogP contribution in [0.15, 0.2) is 48.5 Å². The second-order valence-electron chi connectivity index (χ2n) is 6.09. The highest BCUT2D eigenvalue weighted by Gasteiger charge is 2.16. The highest BCUT2D eigenvalue weighted by Crippen LogP contribution is 2.17. The highest BCUT2D eigenvalue weighted by atomic mass is 35.5. The van der Waals surface area contributed by atoms with Crippen molar-refractivity contribution in [3.63, 3.8) is 0 Å². The van der Waals surface area contributed by atoms with E-state index in [0.29, 0.717) is 29.3 Å². The molecule has 3 N–H and O–H groups in total. The normalized spacial score (nSPS) is 11.0. The number of nitrogens with zero attached hydrogens (tertiary/aromatic N) is 1. The first-order valence-corrected chi connectivity index (χ1v) is 8.58. The van der Waals surface area contributed by atoms with Gasteiger partial charge in [-0.05, 0) is 43.3 Å². The molecule has 2 aromatic rings. The lowest BCUT2D eigenvalue weighted by Gasteiger charge is -2.23. The minimum Gasteiger partial charge on any atom is -0.497 e. The Kier molecular flexibility index (Phi) is 9.27. The summed E-state index contributed by atoms with van der Waals surface area (Å²) in [5.74, 6) is 0.750. The van der Waals surface area contributed by atoms with Gasteiger partial charge in [0.1, 0.15) is 11.5 Å². The van der Waals surface area contributed by atoms with Gasteiger partial charge in [-0.2, -0.15) is 0 Å². The Bertz CT molecular complexity index is 783. The molecule has 0 radical (unpaired) electrons. The van der Waals surface area contributed by atoms with Gasteiger partial charge in [-0.15, -0.1) is 12.4 Å². The van der Waals surface area contributed by atoms with Gasteiger partial charge in [-0.3, -0.25) is 9.59 Å². The fourth-order valence-electron chi connectivity index (χ4n) is 2.30. The van der Waals surface area contributed by atoms with Crippen LogP contribution in [-0.2, 0) is 4.79 Å². The summed E-state index contributed by atoms with van der Waals surface area (Å²) < 4.78 is 10.6. The molecular weight excluding hydrogens is 382 g/mol. The van der Waals surface area contributed by atoms with Crippen LogP contribution in [-0.4, -0.2) is 50.1 Å². The van der Waals surface area contributed by atoms with Gasteiger partial charge in [0.25, 0.3) is 11.8 Å². The molecule has 2 amide bonds. The predicted molar refractivity (Wildman–Crippen MR) is 111 cm³/mol. The maximum absolute atomic E-state index is 12.3. The lowest BCUT2D eigenvalue weighted by Crippen LogP contribution is -2.39. The van der Waals surface area contributed by atoms with Crippen LogP contribution in [0.25, 0.3) is 0 Å². The number of nitrogens with one attached hydrogen (secondary N) is 1. The number of carbonyl (C=O) groups is 2. The van der Waals surface area contributed by atoms with Gasteiger partial charge in [-0.1, -0.05) is 6.07 Å². The molecule has 0 fully saturated rings. The Morgan fingerprint density at radius 3 is 2.43 bits per heavy atom. The number of anilines is 1. The summed E-state index contributed by atoms with van der Waals surface area (Å²) in [4.78, 5) is 25.9. The first-order valence-electron chi connectivity index (χ1n) is 8.58. The van der Waals surface area contributed by atoms with Crippen LogP contribution in [0.1, 0.15) is 17.3 Å². The van der Waals surface area contributed by atoms with Gasteiger partial charge >= 0.3 is 0 Å². The summed E-state index contributed by atoms with van der Waals surface area (Å²) >= 11 is 0. The standard InChI is InChI=1S/C20H25N3O4.ClH/c1-14(12-21)23(2)20(25)15-7-9-17(10-8-15)27-13-19(24)22-16-5-4-6-18(11-16)26-3;/h4-11,14H,12-13,21H2,1-3H3,(H,22,24);1H. The molecule has 8 heteroatoms. The molecule has 28 heavy (non-hydrogen) atoms. The Morgan fingerprint density at radius 2 is 1.82 bits per heavy atom. The Labute approximate surface area is 171 Å². The number of methoxy groups -OCH3 is 1. The van der Waals surface area contributed by atoms with Crippen molar-refractivity contribution >= 4 is 29.9 Å². The second kappa shape index (κ2) is 11.2. The number of nitrogens with two attached hydrogens (primary N) is 1. The van der Waals surface area contributed by atoms with Crippen LogP contribution in [0.2, 0.25) is 0 Å². The Morgan fingerprint density at radius 1 is 1.14 bits per heavy atom. The second-order valence-corrected chi connectivity index (χ2v) is 6.09. The maximum atomic E-state index is 12.3. The molecular formula is C20H26ClN3O4. The van der Waals surface area contributed by atoms with Crippen molar-refractivity contribution < 1.29 is 19.1 Å². The van der Waals surface area contributed by atoms with Crippen molar-refractivity contribution in [1.29, 1.82) is 0 Å². The van der Waals surface area contributed by atoms with Crippen molar-refractivity contribution in [3.8, 4) is 11.5 Å². The Balaban J connectivity index is 0.00000392. The number of hydrogen-bond acceptors (Lipinski definition) is 5. The third-order valence-electron chi connectivity index (χ3n) is 4.15. The van der Waals surface area contributed by atoms with Gasteiger partial charge in [0, 0.05) is 37.0 Å². The van der Waals surface area contributed by atoms with Crippen molar-refractivity contribution in [3.05, 3.63) is 54.1 Å². The molecule has 0 spiro atoms.